The molecule has 278 valence electrons. The molecule has 3 aliphatic rings. The van der Waals surface area contributed by atoms with E-state index in [2.05, 4.69) is 31.4 Å². The van der Waals surface area contributed by atoms with Crippen LogP contribution in [0.5, 0.6) is 11.5 Å². The molecule has 10 heteroatoms. The normalized spacial score (nSPS) is 25.4. The zero-order valence-electron chi connectivity index (χ0n) is 31.3. The summed E-state index contributed by atoms with van der Waals surface area (Å²) in [4.78, 5) is 54.5. The fraction of sp³-hybridized carbons (Fsp3) is 0.465. The number of Topliss-reactive ketones (excluding diaryl/α,β-unsaturated/α-hetero) is 1. The number of amides is 1. The minimum absolute atomic E-state index is 0.0410. The summed E-state index contributed by atoms with van der Waals surface area (Å²) in [6, 6.07) is 15.5. The van der Waals surface area contributed by atoms with Crippen molar-refractivity contribution in [3.63, 3.8) is 0 Å². The first-order chi connectivity index (χ1) is 25.6. The minimum Gasteiger partial charge on any atom is -0.496 e. The van der Waals surface area contributed by atoms with E-state index in [1.165, 1.54) is 0 Å². The maximum atomic E-state index is 14.8. The van der Waals surface area contributed by atoms with Gasteiger partial charge in [-0.3, -0.25) is 14.4 Å². The lowest BCUT2D eigenvalue weighted by Crippen LogP contribution is -2.40. The van der Waals surface area contributed by atoms with Gasteiger partial charge in [-0.15, -0.1) is 11.3 Å². The third kappa shape index (κ3) is 7.35. The van der Waals surface area contributed by atoms with Crippen molar-refractivity contribution in [3.05, 3.63) is 77.3 Å². The summed E-state index contributed by atoms with van der Waals surface area (Å²) in [5, 5.41) is 3.68. The van der Waals surface area contributed by atoms with Crippen molar-refractivity contribution in [2.24, 2.45) is 23.2 Å². The molecule has 3 heterocycles. The SMILES string of the molecule is CCOC(=O)[C@]12CC(=O)[C@@H]3C[C@@H](Oc4cc(-c5nc(C(C)C)cs5)nc5c(C)c(OC)ccc45)C[C@H]3C(=O)N(c3ccccc3)CCCC/C=C\[C@H]1C2. The van der Waals surface area contributed by atoms with Gasteiger partial charge in [0.15, 0.2) is 0 Å². The van der Waals surface area contributed by atoms with Crippen molar-refractivity contribution >= 4 is 45.6 Å². The lowest BCUT2D eigenvalue weighted by atomic mass is 9.84. The smallest absolute Gasteiger partial charge is 0.313 e. The second-order valence-corrected chi connectivity index (χ2v) is 15.9. The average Bonchev–Trinajstić information content (AvgIpc) is 3.44. The molecule has 1 amide bonds. The summed E-state index contributed by atoms with van der Waals surface area (Å²) >= 11 is 1.55. The number of carbonyl (C=O) groups excluding carboxylic acids is 3. The molecular formula is C43H49N3O6S. The molecule has 7 rings (SSSR count). The van der Waals surface area contributed by atoms with Crippen molar-refractivity contribution in [1.82, 2.24) is 9.97 Å². The Balaban J connectivity index is 1.26. The Hall–Kier alpha value is -4.57. The van der Waals surface area contributed by atoms with Crippen LogP contribution in [-0.2, 0) is 19.1 Å². The zero-order valence-corrected chi connectivity index (χ0v) is 32.1. The Bertz CT molecular complexity index is 2020. The highest BCUT2D eigenvalue weighted by Crippen LogP contribution is 2.58. The largest absolute Gasteiger partial charge is 0.496 e. The molecule has 0 N–H and O–H groups in total. The Morgan fingerprint density at radius 1 is 1.04 bits per heavy atom. The monoisotopic (exact) mass is 735 g/mol. The van der Waals surface area contributed by atoms with E-state index in [4.69, 9.17) is 24.2 Å². The first kappa shape index (κ1) is 36.8. The van der Waals surface area contributed by atoms with Gasteiger partial charge in [-0.05, 0) is 88.5 Å². The molecule has 2 aromatic carbocycles. The predicted octanol–water partition coefficient (Wildman–Crippen LogP) is 8.87. The molecule has 0 saturated heterocycles. The molecule has 2 saturated carbocycles. The number of anilines is 1. The number of ketones is 1. The van der Waals surface area contributed by atoms with Crippen LogP contribution >= 0.6 is 11.3 Å². The lowest BCUT2D eigenvalue weighted by molar-refractivity contribution is -0.152. The highest BCUT2D eigenvalue weighted by molar-refractivity contribution is 7.13. The summed E-state index contributed by atoms with van der Waals surface area (Å²) in [6.45, 7) is 8.82. The number of pyridine rings is 1. The van der Waals surface area contributed by atoms with Crippen molar-refractivity contribution < 1.29 is 28.6 Å². The molecule has 1 aliphatic heterocycles. The highest BCUT2D eigenvalue weighted by atomic mass is 32.1. The van der Waals surface area contributed by atoms with Gasteiger partial charge in [0.1, 0.15) is 34.1 Å². The summed E-state index contributed by atoms with van der Waals surface area (Å²) in [7, 11) is 1.65. The number of fused-ring (bicyclic) bond motifs is 3. The summed E-state index contributed by atoms with van der Waals surface area (Å²) < 4.78 is 18.1. The first-order valence-corrected chi connectivity index (χ1v) is 19.8. The molecule has 53 heavy (non-hydrogen) atoms. The number of aryl methyl sites for hydroxylation is 1. The van der Waals surface area contributed by atoms with Gasteiger partial charge < -0.3 is 19.1 Å². The number of aromatic nitrogens is 2. The van der Waals surface area contributed by atoms with Crippen LogP contribution in [0.2, 0.25) is 0 Å². The second-order valence-electron chi connectivity index (χ2n) is 15.0. The van der Waals surface area contributed by atoms with E-state index in [0.29, 0.717) is 37.3 Å². The number of allylic oxidation sites excluding steroid dienone is 2. The Morgan fingerprint density at radius 3 is 2.57 bits per heavy atom. The maximum absolute atomic E-state index is 14.8. The standard InChI is InChI=1S/C43H49N3O6S/c1-6-51-42(49)43-23-28(43)14-10-7-8-13-19-46(29-15-11-9-12-16-29)41(48)33-21-30(20-32(33)36(47)24-43)52-38-22-34(40-45-35(25-53-40)26(2)3)44-39-27(4)37(50-5)18-17-31(38)39/h9-12,14-18,22,25-26,28,30,32-33H,6-8,13,19-21,23-24H2,1-5H3/b14-10-/t28-,30+,32+,33+,43+/m0/s1. The van der Waals surface area contributed by atoms with Crippen LogP contribution in [0.3, 0.4) is 0 Å². The number of para-hydroxylation sites is 1. The van der Waals surface area contributed by atoms with Crippen LogP contribution in [-0.4, -0.2) is 54.0 Å². The third-order valence-electron chi connectivity index (χ3n) is 11.3. The van der Waals surface area contributed by atoms with Gasteiger partial charge in [0.2, 0.25) is 5.91 Å². The predicted molar refractivity (Wildman–Crippen MR) is 207 cm³/mol. The summed E-state index contributed by atoms with van der Waals surface area (Å²) in [5.41, 5.74) is 3.28. The number of rotatable bonds is 8. The van der Waals surface area contributed by atoms with Crippen molar-refractivity contribution in [2.75, 3.05) is 25.2 Å². The molecule has 2 aromatic heterocycles. The topological polar surface area (TPSA) is 108 Å². The van der Waals surface area contributed by atoms with Gasteiger partial charge in [0, 0.05) is 47.0 Å². The van der Waals surface area contributed by atoms with Gasteiger partial charge in [-0.1, -0.05) is 44.2 Å². The van der Waals surface area contributed by atoms with E-state index < -0.39 is 23.4 Å². The number of ether oxygens (including phenoxy) is 3. The summed E-state index contributed by atoms with van der Waals surface area (Å²) in [5.74, 6) is -0.101. The fourth-order valence-corrected chi connectivity index (χ4v) is 9.09. The molecule has 4 aromatic rings. The molecule has 0 bridgehead atoms. The van der Waals surface area contributed by atoms with Crippen LogP contribution in [0, 0.1) is 30.1 Å². The number of hydrogen-bond acceptors (Lipinski definition) is 9. The van der Waals surface area contributed by atoms with Gasteiger partial charge in [0.05, 0.1) is 36.3 Å². The fourth-order valence-electron chi connectivity index (χ4n) is 8.15. The van der Waals surface area contributed by atoms with Crippen LogP contribution < -0.4 is 14.4 Å². The van der Waals surface area contributed by atoms with Crippen molar-refractivity contribution in [2.45, 2.75) is 84.7 Å². The molecule has 0 spiro atoms. The quantitative estimate of drug-likeness (QED) is 0.131. The van der Waals surface area contributed by atoms with E-state index >= 15 is 0 Å². The Morgan fingerprint density at radius 2 is 1.83 bits per heavy atom. The molecule has 0 unspecified atom stereocenters. The Labute approximate surface area is 315 Å². The number of benzene rings is 2. The minimum atomic E-state index is -0.880. The molecule has 2 aliphatic carbocycles. The van der Waals surface area contributed by atoms with Crippen LogP contribution in [0.15, 0.2) is 66.1 Å². The average molecular weight is 736 g/mol. The maximum Gasteiger partial charge on any atom is 0.313 e. The molecule has 2 fully saturated rings. The number of hydrogen-bond donors (Lipinski definition) is 0. The second kappa shape index (κ2) is 15.4. The Kier molecular flexibility index (Phi) is 10.7. The molecule has 9 nitrogen and oxygen atoms in total. The van der Waals surface area contributed by atoms with Crippen molar-refractivity contribution in [1.29, 1.82) is 0 Å². The number of thiazole rings is 1. The van der Waals surface area contributed by atoms with E-state index in [-0.39, 0.29) is 42.5 Å². The lowest BCUT2D eigenvalue weighted by Gasteiger charge is -2.29. The number of carbonyl (C=O) groups is 3. The van der Waals surface area contributed by atoms with Crippen LogP contribution in [0.1, 0.15) is 82.9 Å². The molecule has 0 radical (unpaired) electrons. The van der Waals surface area contributed by atoms with Crippen molar-refractivity contribution in [3.8, 4) is 22.2 Å². The molecule has 5 atom stereocenters. The van der Waals surface area contributed by atoms with Gasteiger partial charge >= 0.3 is 5.97 Å². The van der Waals surface area contributed by atoms with Gasteiger partial charge in [-0.2, -0.15) is 0 Å². The summed E-state index contributed by atoms with van der Waals surface area (Å²) in [6.07, 6.45) is 7.73. The first-order valence-electron chi connectivity index (χ1n) is 19.0. The van der Waals surface area contributed by atoms with E-state index in [1.807, 2.05) is 60.4 Å². The van der Waals surface area contributed by atoms with Crippen LogP contribution in [0.25, 0.3) is 21.6 Å². The number of nitrogens with zero attached hydrogens (tertiary/aromatic N) is 3. The van der Waals surface area contributed by atoms with E-state index in [0.717, 1.165) is 57.9 Å². The third-order valence-corrected chi connectivity index (χ3v) is 12.1. The number of methoxy groups -OCH3 is 1. The zero-order chi connectivity index (χ0) is 37.3. The highest BCUT2D eigenvalue weighted by Gasteiger charge is 2.62. The van der Waals surface area contributed by atoms with Crippen LogP contribution in [0.4, 0.5) is 5.69 Å². The molecular weight excluding hydrogens is 687 g/mol. The van der Waals surface area contributed by atoms with Gasteiger partial charge in [0.25, 0.3) is 0 Å². The van der Waals surface area contributed by atoms with E-state index in [1.54, 1.807) is 25.4 Å². The van der Waals surface area contributed by atoms with Gasteiger partial charge in [-0.25, -0.2) is 9.97 Å². The number of esters is 1. The van der Waals surface area contributed by atoms with E-state index in [9.17, 15) is 14.4 Å².